The highest BCUT2D eigenvalue weighted by Crippen LogP contribution is 2.41. The maximum Gasteiger partial charge on any atom is 0.227 e. The Balaban J connectivity index is 1.02. The fourth-order valence-corrected chi connectivity index (χ4v) is 7.71. The molecular weight excluding hydrogens is 665 g/mol. The van der Waals surface area contributed by atoms with Gasteiger partial charge in [0.2, 0.25) is 11.8 Å². The monoisotopic (exact) mass is 694 g/mol. The Hall–Kier alpha value is -7.44. The lowest BCUT2D eigenvalue weighted by molar-refractivity contribution is 0.619. The van der Waals surface area contributed by atoms with Gasteiger partial charge in [-0.3, -0.25) is 0 Å². The van der Waals surface area contributed by atoms with E-state index in [0.717, 1.165) is 72.5 Å². The maximum atomic E-state index is 6.15. The van der Waals surface area contributed by atoms with Gasteiger partial charge in [0, 0.05) is 44.3 Å². The molecule has 0 aliphatic heterocycles. The lowest BCUT2D eigenvalue weighted by Gasteiger charge is -2.27. The second kappa shape index (κ2) is 12.1. The molecule has 0 saturated carbocycles. The summed E-state index contributed by atoms with van der Waals surface area (Å²) < 4.78 is 14.6. The van der Waals surface area contributed by atoms with Crippen LogP contribution in [0.2, 0.25) is 0 Å². The number of rotatable bonds is 6. The minimum absolute atomic E-state index is 0.607. The van der Waals surface area contributed by atoms with E-state index in [2.05, 4.69) is 143 Å². The summed E-state index contributed by atoms with van der Waals surface area (Å²) in [5, 5.41) is 4.67. The predicted octanol–water partition coefficient (Wildman–Crippen LogP) is 13.0. The van der Waals surface area contributed by atoms with Gasteiger partial charge in [0.15, 0.2) is 11.2 Å². The number of aromatic nitrogens is 3. The van der Waals surface area contributed by atoms with E-state index < -0.39 is 0 Å². The summed E-state index contributed by atoms with van der Waals surface area (Å²) in [7, 11) is 0. The van der Waals surface area contributed by atoms with Crippen LogP contribution in [0.4, 0.5) is 17.1 Å². The standard InChI is InChI=1S/C48H30N4O2/c1-2-12-37-31(10-1)11-9-17-42(37)51(34-23-20-32(21-24-34)47-49-40-14-4-7-18-45(40)53-47)35-25-27-36(28-26-35)52-43-16-6-3-13-38(43)39-30-33(22-29-44(39)52)48-50-41-15-5-8-19-46(41)54-48/h1-30H. The Morgan fingerprint density at radius 3 is 1.70 bits per heavy atom. The number of oxazole rings is 2. The smallest absolute Gasteiger partial charge is 0.227 e. The number of fused-ring (bicyclic) bond motifs is 6. The molecule has 11 aromatic rings. The Bertz CT molecular complexity index is 3100. The summed E-state index contributed by atoms with van der Waals surface area (Å²) in [6.07, 6.45) is 0. The number of nitrogens with zero attached hydrogens (tertiary/aromatic N) is 4. The van der Waals surface area contributed by atoms with Gasteiger partial charge >= 0.3 is 0 Å². The third-order valence-corrected chi connectivity index (χ3v) is 10.3. The third kappa shape index (κ3) is 4.89. The molecule has 11 rings (SSSR count). The summed E-state index contributed by atoms with van der Waals surface area (Å²) >= 11 is 0. The predicted molar refractivity (Wildman–Crippen MR) is 219 cm³/mol. The molecule has 3 heterocycles. The average Bonchev–Trinajstić information content (AvgIpc) is 3.96. The number of para-hydroxylation sites is 5. The lowest BCUT2D eigenvalue weighted by Crippen LogP contribution is -2.10. The molecule has 0 spiro atoms. The number of anilines is 3. The maximum absolute atomic E-state index is 6.15. The second-order valence-corrected chi connectivity index (χ2v) is 13.5. The molecule has 6 heteroatoms. The van der Waals surface area contributed by atoms with Gasteiger partial charge in [-0.05, 0) is 109 Å². The van der Waals surface area contributed by atoms with E-state index in [-0.39, 0.29) is 0 Å². The van der Waals surface area contributed by atoms with Crippen LogP contribution in [0, 0.1) is 0 Å². The van der Waals surface area contributed by atoms with Gasteiger partial charge in [-0.15, -0.1) is 0 Å². The first-order chi connectivity index (χ1) is 26.7. The normalized spacial score (nSPS) is 11.7. The summed E-state index contributed by atoms with van der Waals surface area (Å²) in [4.78, 5) is 11.8. The van der Waals surface area contributed by atoms with Gasteiger partial charge in [-0.2, -0.15) is 0 Å². The summed E-state index contributed by atoms with van der Waals surface area (Å²) in [5.41, 5.74) is 11.6. The first-order valence-corrected chi connectivity index (χ1v) is 18.0. The molecule has 0 aliphatic rings. The van der Waals surface area contributed by atoms with E-state index in [1.807, 2.05) is 48.5 Å². The van der Waals surface area contributed by atoms with Crippen molar-refractivity contribution >= 4 is 71.8 Å². The molecule has 0 saturated heterocycles. The zero-order valence-corrected chi connectivity index (χ0v) is 28.9. The Labute approximate surface area is 309 Å². The molecular formula is C48H30N4O2. The van der Waals surface area contributed by atoms with Crippen molar-refractivity contribution < 1.29 is 8.83 Å². The molecule has 254 valence electrons. The summed E-state index contributed by atoms with van der Waals surface area (Å²) in [5.74, 6) is 1.23. The molecule has 0 N–H and O–H groups in total. The third-order valence-electron chi connectivity index (χ3n) is 10.3. The Morgan fingerprint density at radius 1 is 0.426 bits per heavy atom. The highest BCUT2D eigenvalue weighted by molar-refractivity contribution is 6.10. The molecule has 8 aromatic carbocycles. The van der Waals surface area contributed by atoms with Crippen LogP contribution in [0.3, 0.4) is 0 Å². The first-order valence-electron chi connectivity index (χ1n) is 18.0. The van der Waals surface area contributed by atoms with Gasteiger partial charge in [0.05, 0.1) is 16.7 Å². The fraction of sp³-hybridized carbons (Fsp3) is 0. The summed E-state index contributed by atoms with van der Waals surface area (Å²) in [6.45, 7) is 0. The molecule has 54 heavy (non-hydrogen) atoms. The molecule has 0 unspecified atom stereocenters. The molecule has 0 radical (unpaired) electrons. The quantitative estimate of drug-likeness (QED) is 0.173. The van der Waals surface area contributed by atoms with Crippen LogP contribution in [0.25, 0.3) is 83.4 Å². The van der Waals surface area contributed by atoms with Crippen molar-refractivity contribution in [3.8, 4) is 28.6 Å². The van der Waals surface area contributed by atoms with Crippen molar-refractivity contribution in [1.29, 1.82) is 0 Å². The van der Waals surface area contributed by atoms with Crippen LogP contribution in [0.15, 0.2) is 191 Å². The molecule has 0 amide bonds. The van der Waals surface area contributed by atoms with Gasteiger partial charge < -0.3 is 18.3 Å². The number of hydrogen-bond acceptors (Lipinski definition) is 5. The molecule has 0 fully saturated rings. The SMILES string of the molecule is c1ccc2c(N(c3ccc(-c4nc5ccccc5o4)cc3)c3ccc(-n4c5ccccc5c5cc(-c6nc7ccccc7o6)ccc54)cc3)cccc2c1. The lowest BCUT2D eigenvalue weighted by atomic mass is 10.1. The van der Waals surface area contributed by atoms with Crippen LogP contribution in [0.1, 0.15) is 0 Å². The van der Waals surface area contributed by atoms with E-state index in [0.29, 0.717) is 11.8 Å². The minimum Gasteiger partial charge on any atom is -0.436 e. The Kier molecular flexibility index (Phi) is 6.75. The Morgan fingerprint density at radius 2 is 0.981 bits per heavy atom. The molecule has 3 aromatic heterocycles. The van der Waals surface area contributed by atoms with Crippen molar-refractivity contribution in [2.75, 3.05) is 4.90 Å². The van der Waals surface area contributed by atoms with Crippen molar-refractivity contribution in [1.82, 2.24) is 14.5 Å². The van der Waals surface area contributed by atoms with Gasteiger partial charge in [0.25, 0.3) is 0 Å². The van der Waals surface area contributed by atoms with Crippen molar-refractivity contribution in [3.05, 3.63) is 182 Å². The van der Waals surface area contributed by atoms with Crippen LogP contribution in [0.5, 0.6) is 0 Å². The molecule has 0 atom stereocenters. The second-order valence-electron chi connectivity index (χ2n) is 13.5. The minimum atomic E-state index is 0.607. The van der Waals surface area contributed by atoms with Crippen LogP contribution in [-0.4, -0.2) is 14.5 Å². The van der Waals surface area contributed by atoms with Gasteiger partial charge in [-0.25, -0.2) is 9.97 Å². The summed E-state index contributed by atoms with van der Waals surface area (Å²) in [6, 6.07) is 63.1. The highest BCUT2D eigenvalue weighted by Gasteiger charge is 2.19. The zero-order valence-electron chi connectivity index (χ0n) is 28.9. The van der Waals surface area contributed by atoms with Crippen LogP contribution in [-0.2, 0) is 0 Å². The van der Waals surface area contributed by atoms with Gasteiger partial charge in [0.1, 0.15) is 11.0 Å². The largest absolute Gasteiger partial charge is 0.436 e. The molecule has 0 aliphatic carbocycles. The zero-order chi connectivity index (χ0) is 35.6. The fourth-order valence-electron chi connectivity index (χ4n) is 7.71. The van der Waals surface area contributed by atoms with Crippen molar-refractivity contribution in [3.63, 3.8) is 0 Å². The van der Waals surface area contributed by atoms with Crippen LogP contribution < -0.4 is 4.90 Å². The van der Waals surface area contributed by atoms with E-state index in [1.54, 1.807) is 0 Å². The first kappa shape index (κ1) is 30.2. The van der Waals surface area contributed by atoms with Crippen molar-refractivity contribution in [2.45, 2.75) is 0 Å². The highest BCUT2D eigenvalue weighted by atomic mass is 16.4. The van der Waals surface area contributed by atoms with E-state index in [9.17, 15) is 0 Å². The number of benzene rings is 8. The molecule has 6 nitrogen and oxygen atoms in total. The number of hydrogen-bond donors (Lipinski definition) is 0. The van der Waals surface area contributed by atoms with Crippen LogP contribution >= 0.6 is 0 Å². The van der Waals surface area contributed by atoms with Crippen molar-refractivity contribution in [2.24, 2.45) is 0 Å². The van der Waals surface area contributed by atoms with E-state index in [4.69, 9.17) is 18.8 Å². The molecule has 0 bridgehead atoms. The van der Waals surface area contributed by atoms with Gasteiger partial charge in [-0.1, -0.05) is 78.9 Å². The van der Waals surface area contributed by atoms with E-state index >= 15 is 0 Å². The average molecular weight is 695 g/mol. The topological polar surface area (TPSA) is 60.2 Å². The van der Waals surface area contributed by atoms with E-state index in [1.165, 1.54) is 16.2 Å².